The third kappa shape index (κ3) is 3.22. The Kier molecular flexibility index (Phi) is 3.97. The highest BCUT2D eigenvalue weighted by molar-refractivity contribution is 5.92. The molecule has 0 unspecified atom stereocenters. The second-order valence-electron chi connectivity index (χ2n) is 3.95. The number of carbonyl (C=O) groups excluding carboxylic acids is 1. The maximum absolute atomic E-state index is 11.9. The maximum Gasteiger partial charge on any atom is 0.271 e. The summed E-state index contributed by atoms with van der Waals surface area (Å²) < 4.78 is 5.17. The average molecular weight is 258 g/mol. The van der Waals surface area contributed by atoms with Gasteiger partial charge in [-0.25, -0.2) is 0 Å². The predicted molar refractivity (Wildman–Crippen MR) is 72.4 cm³/mol. The Bertz CT molecular complexity index is 634. The fraction of sp³-hybridized carbons (Fsp3) is 0.143. The number of ether oxygens (including phenoxy) is 1. The van der Waals surface area contributed by atoms with Crippen molar-refractivity contribution in [1.82, 2.24) is 4.98 Å². The molecule has 0 radical (unpaired) electrons. The summed E-state index contributed by atoms with van der Waals surface area (Å²) in [6.07, 6.45) is 1.66. The molecule has 0 aliphatic rings. The molecule has 1 amide bonds. The number of carbonyl (C=O) groups is 1. The zero-order valence-corrected chi connectivity index (χ0v) is 10.5. The van der Waals surface area contributed by atoms with E-state index in [0.29, 0.717) is 5.75 Å². The van der Waals surface area contributed by atoms with Crippen LogP contribution in [0.2, 0.25) is 0 Å². The second kappa shape index (κ2) is 5.86. The first kappa shape index (κ1) is 12.9. The van der Waals surface area contributed by atoms with E-state index < -0.39 is 0 Å². The number of rotatable bonds is 4. The van der Waals surface area contributed by atoms with Gasteiger partial charge in [-0.05, 0) is 18.2 Å². The number of pyridine rings is 1. The van der Waals surface area contributed by atoms with Gasteiger partial charge in [0.2, 0.25) is 5.91 Å². The van der Waals surface area contributed by atoms with Crippen molar-refractivity contribution < 1.29 is 9.53 Å². The minimum atomic E-state index is -0.323. The molecule has 98 valence electrons. The van der Waals surface area contributed by atoms with E-state index >= 15 is 0 Å². The Hall–Kier alpha value is -2.56. The number of benzene rings is 1. The number of amides is 1. The van der Waals surface area contributed by atoms with Crippen molar-refractivity contribution in [3.05, 3.63) is 58.5 Å². The van der Waals surface area contributed by atoms with Crippen LogP contribution in [0.5, 0.6) is 5.75 Å². The summed E-state index contributed by atoms with van der Waals surface area (Å²) in [7, 11) is 1.55. The van der Waals surface area contributed by atoms with Crippen LogP contribution in [-0.2, 0) is 11.2 Å². The van der Waals surface area contributed by atoms with E-state index in [9.17, 15) is 9.59 Å². The van der Waals surface area contributed by atoms with Gasteiger partial charge in [0.05, 0.1) is 13.5 Å². The molecule has 2 aromatic rings. The number of hydrogen-bond acceptors (Lipinski definition) is 3. The molecule has 1 aromatic heterocycles. The summed E-state index contributed by atoms with van der Waals surface area (Å²) >= 11 is 0. The van der Waals surface area contributed by atoms with Crippen LogP contribution in [0.25, 0.3) is 0 Å². The van der Waals surface area contributed by atoms with Crippen LogP contribution < -0.4 is 15.6 Å². The molecule has 5 heteroatoms. The number of aromatic nitrogens is 1. The molecule has 0 spiro atoms. The molecular formula is C14H14N2O3. The number of nitrogens with one attached hydrogen (secondary N) is 2. The Balaban J connectivity index is 2.10. The van der Waals surface area contributed by atoms with Gasteiger partial charge in [0.15, 0.2) is 0 Å². The number of anilines is 1. The standard InChI is InChI=1S/C14H14N2O3/c1-19-12-7-3-2-5-10(12)9-13(17)16-11-6-4-8-15-14(11)18/h2-8H,9H2,1H3,(H,15,18)(H,16,17). The van der Waals surface area contributed by atoms with Crippen LogP contribution in [0.3, 0.4) is 0 Å². The lowest BCUT2D eigenvalue weighted by Gasteiger charge is -2.08. The molecule has 5 nitrogen and oxygen atoms in total. The zero-order valence-electron chi connectivity index (χ0n) is 10.5. The van der Waals surface area contributed by atoms with Gasteiger partial charge in [-0.3, -0.25) is 9.59 Å². The van der Waals surface area contributed by atoms with Gasteiger partial charge in [0.25, 0.3) is 5.56 Å². The number of methoxy groups -OCH3 is 1. The number of H-pyrrole nitrogens is 1. The van der Waals surface area contributed by atoms with E-state index in [-0.39, 0.29) is 23.6 Å². The highest BCUT2D eigenvalue weighted by Gasteiger charge is 2.09. The first-order valence-corrected chi connectivity index (χ1v) is 5.80. The molecule has 19 heavy (non-hydrogen) atoms. The first-order valence-electron chi connectivity index (χ1n) is 5.80. The van der Waals surface area contributed by atoms with Gasteiger partial charge >= 0.3 is 0 Å². The highest BCUT2D eigenvalue weighted by Crippen LogP contribution is 2.17. The van der Waals surface area contributed by atoms with Crippen molar-refractivity contribution in [2.75, 3.05) is 12.4 Å². The quantitative estimate of drug-likeness (QED) is 0.874. The minimum absolute atomic E-state index is 0.151. The van der Waals surface area contributed by atoms with Crippen molar-refractivity contribution in [2.24, 2.45) is 0 Å². The maximum atomic E-state index is 11.9. The van der Waals surface area contributed by atoms with Crippen molar-refractivity contribution >= 4 is 11.6 Å². The number of hydrogen-bond donors (Lipinski definition) is 2. The molecule has 0 saturated carbocycles. The summed E-state index contributed by atoms with van der Waals surface area (Å²) in [6.45, 7) is 0. The van der Waals surface area contributed by atoms with Gasteiger partial charge in [0, 0.05) is 11.8 Å². The lowest BCUT2D eigenvalue weighted by atomic mass is 10.1. The lowest BCUT2D eigenvalue weighted by molar-refractivity contribution is -0.115. The molecule has 0 aliphatic heterocycles. The van der Waals surface area contributed by atoms with E-state index in [2.05, 4.69) is 10.3 Å². The van der Waals surface area contributed by atoms with Gasteiger partial charge in [0.1, 0.15) is 11.4 Å². The fourth-order valence-electron chi connectivity index (χ4n) is 1.74. The smallest absolute Gasteiger partial charge is 0.271 e. The molecule has 2 rings (SSSR count). The van der Waals surface area contributed by atoms with E-state index in [0.717, 1.165) is 5.56 Å². The summed E-state index contributed by atoms with van der Waals surface area (Å²) in [5.74, 6) is 0.390. The van der Waals surface area contributed by atoms with Crippen LogP contribution in [0.1, 0.15) is 5.56 Å². The summed E-state index contributed by atoms with van der Waals surface area (Å²) in [5.41, 5.74) is 0.688. The topological polar surface area (TPSA) is 71.2 Å². The van der Waals surface area contributed by atoms with Crippen molar-refractivity contribution in [3.63, 3.8) is 0 Å². The zero-order chi connectivity index (χ0) is 13.7. The number of aromatic amines is 1. The SMILES string of the molecule is COc1ccccc1CC(=O)Nc1ccc[nH]c1=O. The molecule has 0 bridgehead atoms. The fourth-order valence-corrected chi connectivity index (χ4v) is 1.74. The van der Waals surface area contributed by atoms with Crippen molar-refractivity contribution in [3.8, 4) is 5.75 Å². The Morgan fingerprint density at radius 2 is 2.05 bits per heavy atom. The first-order chi connectivity index (χ1) is 9.20. The molecule has 1 aromatic carbocycles. The van der Waals surface area contributed by atoms with Gasteiger partial charge in [-0.2, -0.15) is 0 Å². The Morgan fingerprint density at radius 1 is 1.26 bits per heavy atom. The molecule has 1 heterocycles. The normalized spacial score (nSPS) is 9.95. The van der Waals surface area contributed by atoms with Crippen LogP contribution in [-0.4, -0.2) is 18.0 Å². The van der Waals surface area contributed by atoms with Gasteiger partial charge in [-0.1, -0.05) is 18.2 Å². The minimum Gasteiger partial charge on any atom is -0.496 e. The average Bonchev–Trinajstić information content (AvgIpc) is 2.42. The highest BCUT2D eigenvalue weighted by atomic mass is 16.5. The van der Waals surface area contributed by atoms with Crippen LogP contribution >= 0.6 is 0 Å². The summed E-state index contributed by atoms with van der Waals surface area (Å²) in [4.78, 5) is 25.8. The van der Waals surface area contributed by atoms with E-state index in [4.69, 9.17) is 4.74 Å². The third-order valence-corrected chi connectivity index (χ3v) is 2.64. The predicted octanol–water partition coefficient (Wildman–Crippen LogP) is 1.56. The van der Waals surface area contributed by atoms with E-state index in [1.165, 1.54) is 6.20 Å². The van der Waals surface area contributed by atoms with Crippen molar-refractivity contribution in [1.29, 1.82) is 0 Å². The van der Waals surface area contributed by atoms with E-state index in [1.807, 2.05) is 18.2 Å². The molecular weight excluding hydrogens is 244 g/mol. The van der Waals surface area contributed by atoms with Gasteiger partial charge < -0.3 is 15.0 Å². The van der Waals surface area contributed by atoms with E-state index in [1.54, 1.807) is 25.3 Å². The lowest BCUT2D eigenvalue weighted by Crippen LogP contribution is -2.20. The monoisotopic (exact) mass is 258 g/mol. The molecule has 0 fully saturated rings. The van der Waals surface area contributed by atoms with Crippen LogP contribution in [0.4, 0.5) is 5.69 Å². The van der Waals surface area contributed by atoms with Crippen LogP contribution in [0, 0.1) is 0 Å². The Morgan fingerprint density at radius 3 is 2.79 bits per heavy atom. The molecule has 2 N–H and O–H groups in total. The largest absolute Gasteiger partial charge is 0.496 e. The second-order valence-corrected chi connectivity index (χ2v) is 3.95. The van der Waals surface area contributed by atoms with Gasteiger partial charge in [-0.15, -0.1) is 0 Å². The Labute approximate surface area is 110 Å². The summed E-state index contributed by atoms with van der Waals surface area (Å²) in [6, 6.07) is 10.5. The van der Waals surface area contributed by atoms with Crippen molar-refractivity contribution in [2.45, 2.75) is 6.42 Å². The molecule has 0 atom stereocenters. The van der Waals surface area contributed by atoms with Crippen LogP contribution in [0.15, 0.2) is 47.4 Å². The molecule has 0 saturated heterocycles. The third-order valence-electron chi connectivity index (χ3n) is 2.64. The summed E-state index contributed by atoms with van der Waals surface area (Å²) in [5, 5.41) is 2.57. The number of para-hydroxylation sites is 1. The molecule has 0 aliphatic carbocycles.